The molecule has 2 N–H and O–H groups in total. The fourth-order valence-corrected chi connectivity index (χ4v) is 2.12. The van der Waals surface area contributed by atoms with Gasteiger partial charge < -0.3 is 10.3 Å². The van der Waals surface area contributed by atoms with E-state index in [-0.39, 0.29) is 0 Å². The Labute approximate surface area is 109 Å². The van der Waals surface area contributed by atoms with E-state index in [4.69, 9.17) is 0 Å². The molecule has 0 radical (unpaired) electrons. The van der Waals surface area contributed by atoms with Crippen LogP contribution in [-0.4, -0.2) is 22.6 Å². The van der Waals surface area contributed by atoms with Crippen LogP contribution in [0.4, 0.5) is 0 Å². The van der Waals surface area contributed by atoms with Crippen molar-refractivity contribution in [3.63, 3.8) is 0 Å². The fraction of sp³-hybridized carbons (Fsp3) is 0.533. The lowest BCUT2D eigenvalue weighted by Crippen LogP contribution is -2.23. The topological polar surface area (TPSA) is 40.7 Å². The second-order valence-electron chi connectivity index (χ2n) is 5.10. The molecule has 2 aromatic rings. The first-order chi connectivity index (χ1) is 8.69. The van der Waals surface area contributed by atoms with E-state index in [0.29, 0.717) is 6.04 Å². The molecule has 3 nitrogen and oxygen atoms in total. The zero-order valence-corrected chi connectivity index (χ0v) is 11.6. The highest BCUT2D eigenvalue weighted by Crippen LogP contribution is 2.15. The van der Waals surface area contributed by atoms with E-state index in [9.17, 15) is 0 Å². The van der Waals surface area contributed by atoms with Crippen molar-refractivity contribution >= 4 is 11.0 Å². The number of imidazole rings is 1. The monoisotopic (exact) mass is 245 g/mol. The van der Waals surface area contributed by atoms with Gasteiger partial charge in [-0.1, -0.05) is 26.8 Å². The number of benzene rings is 1. The van der Waals surface area contributed by atoms with Crippen LogP contribution in [0.1, 0.15) is 38.6 Å². The Morgan fingerprint density at radius 1 is 1.33 bits per heavy atom. The Morgan fingerprint density at radius 2 is 2.17 bits per heavy atom. The summed E-state index contributed by atoms with van der Waals surface area (Å²) in [5.74, 6) is 1.07. The van der Waals surface area contributed by atoms with Crippen molar-refractivity contribution in [3.8, 4) is 0 Å². The number of nitrogens with one attached hydrogen (secondary N) is 2. The average Bonchev–Trinajstić information content (AvgIpc) is 2.76. The molecule has 98 valence electrons. The van der Waals surface area contributed by atoms with Gasteiger partial charge in [0.05, 0.1) is 11.0 Å². The Balaban J connectivity index is 1.97. The standard InChI is InChI=1S/C15H23N3/c1-4-15-17-13-8-7-12(10-14(13)18-15)6-5-9-16-11(2)3/h7-8,10-11,16H,4-6,9H2,1-3H3,(H,17,18). The highest BCUT2D eigenvalue weighted by atomic mass is 14.9. The first-order valence-corrected chi connectivity index (χ1v) is 6.90. The molecule has 0 saturated carbocycles. The molecule has 0 aliphatic carbocycles. The normalized spacial score (nSPS) is 11.6. The van der Waals surface area contributed by atoms with Crippen LogP contribution >= 0.6 is 0 Å². The van der Waals surface area contributed by atoms with Gasteiger partial charge in [-0.2, -0.15) is 0 Å². The van der Waals surface area contributed by atoms with Gasteiger partial charge in [0.15, 0.2) is 0 Å². The Bertz CT molecular complexity index is 499. The molecule has 0 amide bonds. The number of H-pyrrole nitrogens is 1. The summed E-state index contributed by atoms with van der Waals surface area (Å²) >= 11 is 0. The summed E-state index contributed by atoms with van der Waals surface area (Å²) < 4.78 is 0. The number of aromatic amines is 1. The van der Waals surface area contributed by atoms with Gasteiger partial charge >= 0.3 is 0 Å². The van der Waals surface area contributed by atoms with Crippen molar-refractivity contribution in [1.29, 1.82) is 0 Å². The number of rotatable bonds is 6. The van der Waals surface area contributed by atoms with Crippen molar-refractivity contribution in [2.24, 2.45) is 0 Å². The molecule has 0 unspecified atom stereocenters. The van der Waals surface area contributed by atoms with Gasteiger partial charge in [0, 0.05) is 12.5 Å². The fourth-order valence-electron chi connectivity index (χ4n) is 2.12. The number of hydrogen-bond acceptors (Lipinski definition) is 2. The molecule has 0 bridgehead atoms. The Morgan fingerprint density at radius 3 is 2.89 bits per heavy atom. The third kappa shape index (κ3) is 3.33. The molecule has 0 aliphatic rings. The highest BCUT2D eigenvalue weighted by molar-refractivity contribution is 5.75. The maximum atomic E-state index is 4.52. The zero-order valence-electron chi connectivity index (χ0n) is 11.6. The van der Waals surface area contributed by atoms with Gasteiger partial charge in [0.1, 0.15) is 5.82 Å². The first kappa shape index (κ1) is 13.1. The SMILES string of the molecule is CCc1nc2ccc(CCCNC(C)C)cc2[nH]1. The lowest BCUT2D eigenvalue weighted by molar-refractivity contribution is 0.570. The molecule has 1 aromatic carbocycles. The molecule has 1 aromatic heterocycles. The van der Waals surface area contributed by atoms with Gasteiger partial charge in [-0.15, -0.1) is 0 Å². The predicted molar refractivity (Wildman–Crippen MR) is 76.9 cm³/mol. The number of fused-ring (bicyclic) bond motifs is 1. The van der Waals surface area contributed by atoms with Crippen LogP contribution in [0.25, 0.3) is 11.0 Å². The van der Waals surface area contributed by atoms with Crippen LogP contribution in [0.5, 0.6) is 0 Å². The predicted octanol–water partition coefficient (Wildman–Crippen LogP) is 3.06. The van der Waals surface area contributed by atoms with E-state index in [1.165, 1.54) is 17.5 Å². The molecule has 1 heterocycles. The summed E-state index contributed by atoms with van der Waals surface area (Å²) in [6, 6.07) is 7.12. The summed E-state index contributed by atoms with van der Waals surface area (Å²) in [6.45, 7) is 7.57. The van der Waals surface area contributed by atoms with Gasteiger partial charge in [-0.05, 0) is 37.1 Å². The third-order valence-electron chi connectivity index (χ3n) is 3.13. The minimum absolute atomic E-state index is 0.576. The summed E-state index contributed by atoms with van der Waals surface area (Å²) in [5.41, 5.74) is 3.64. The van der Waals surface area contributed by atoms with Crippen molar-refractivity contribution in [3.05, 3.63) is 29.6 Å². The summed E-state index contributed by atoms with van der Waals surface area (Å²) in [5, 5.41) is 3.45. The van der Waals surface area contributed by atoms with E-state index < -0.39 is 0 Å². The molecule has 0 spiro atoms. The molecule has 0 fully saturated rings. The molecule has 0 saturated heterocycles. The van der Waals surface area contributed by atoms with E-state index in [1.54, 1.807) is 0 Å². The number of aromatic nitrogens is 2. The first-order valence-electron chi connectivity index (χ1n) is 6.90. The minimum Gasteiger partial charge on any atom is -0.342 e. The van der Waals surface area contributed by atoms with Gasteiger partial charge in [-0.3, -0.25) is 0 Å². The van der Waals surface area contributed by atoms with Crippen LogP contribution < -0.4 is 5.32 Å². The number of nitrogens with zero attached hydrogens (tertiary/aromatic N) is 1. The molecule has 18 heavy (non-hydrogen) atoms. The van der Waals surface area contributed by atoms with E-state index in [2.05, 4.69) is 54.3 Å². The van der Waals surface area contributed by atoms with Crippen LogP contribution in [0.2, 0.25) is 0 Å². The zero-order chi connectivity index (χ0) is 13.0. The quantitative estimate of drug-likeness (QED) is 0.768. The number of aryl methyl sites for hydroxylation is 2. The van der Waals surface area contributed by atoms with Gasteiger partial charge in [0.2, 0.25) is 0 Å². The van der Waals surface area contributed by atoms with E-state index in [1.807, 2.05) is 0 Å². The second-order valence-corrected chi connectivity index (χ2v) is 5.10. The van der Waals surface area contributed by atoms with E-state index >= 15 is 0 Å². The van der Waals surface area contributed by atoms with Crippen molar-refractivity contribution in [2.75, 3.05) is 6.54 Å². The Kier molecular flexibility index (Phi) is 4.37. The van der Waals surface area contributed by atoms with Crippen LogP contribution in [0.15, 0.2) is 18.2 Å². The maximum Gasteiger partial charge on any atom is 0.106 e. The highest BCUT2D eigenvalue weighted by Gasteiger charge is 2.02. The van der Waals surface area contributed by atoms with E-state index in [0.717, 1.165) is 30.7 Å². The molecule has 3 heteroatoms. The molecular formula is C15H23N3. The molecule has 0 aliphatic heterocycles. The maximum absolute atomic E-state index is 4.52. The van der Waals surface area contributed by atoms with Crippen molar-refractivity contribution in [1.82, 2.24) is 15.3 Å². The van der Waals surface area contributed by atoms with Crippen LogP contribution in [-0.2, 0) is 12.8 Å². The lowest BCUT2D eigenvalue weighted by atomic mass is 10.1. The van der Waals surface area contributed by atoms with Crippen molar-refractivity contribution < 1.29 is 0 Å². The van der Waals surface area contributed by atoms with Gasteiger partial charge in [-0.25, -0.2) is 4.98 Å². The van der Waals surface area contributed by atoms with Gasteiger partial charge in [0.25, 0.3) is 0 Å². The summed E-state index contributed by atoms with van der Waals surface area (Å²) in [6.07, 6.45) is 3.26. The smallest absolute Gasteiger partial charge is 0.106 e. The lowest BCUT2D eigenvalue weighted by Gasteiger charge is -2.07. The second kappa shape index (κ2) is 6.01. The Hall–Kier alpha value is -1.35. The molecule has 2 rings (SSSR count). The van der Waals surface area contributed by atoms with Crippen molar-refractivity contribution in [2.45, 2.75) is 46.1 Å². The molecule has 0 atom stereocenters. The van der Waals surface area contributed by atoms with Crippen LogP contribution in [0, 0.1) is 0 Å². The summed E-state index contributed by atoms with van der Waals surface area (Å²) in [4.78, 5) is 7.89. The minimum atomic E-state index is 0.576. The largest absolute Gasteiger partial charge is 0.342 e. The average molecular weight is 245 g/mol. The third-order valence-corrected chi connectivity index (χ3v) is 3.13. The van der Waals surface area contributed by atoms with Crippen LogP contribution in [0.3, 0.4) is 0 Å². The number of hydrogen-bond donors (Lipinski definition) is 2. The summed E-state index contributed by atoms with van der Waals surface area (Å²) in [7, 11) is 0. The molecular weight excluding hydrogens is 222 g/mol.